The molecule has 1 aromatic carbocycles. The molecule has 0 bridgehead atoms. The van der Waals surface area contributed by atoms with Crippen LogP contribution in [0.15, 0.2) is 24.3 Å². The summed E-state index contributed by atoms with van der Waals surface area (Å²) in [6.07, 6.45) is 0.949. The first-order chi connectivity index (χ1) is 9.01. The van der Waals surface area contributed by atoms with Crippen LogP contribution in [0, 0.1) is 5.92 Å². The van der Waals surface area contributed by atoms with Crippen molar-refractivity contribution >= 4 is 11.6 Å². The van der Waals surface area contributed by atoms with Crippen LogP contribution in [0.5, 0.6) is 0 Å². The Morgan fingerprint density at radius 1 is 1.21 bits per heavy atom. The van der Waals surface area contributed by atoms with Gasteiger partial charge in [-0.05, 0) is 30.5 Å². The molecule has 0 fully saturated rings. The Morgan fingerprint density at radius 3 is 2.32 bits per heavy atom. The summed E-state index contributed by atoms with van der Waals surface area (Å²) in [6.45, 7) is 10.8. The molecule has 19 heavy (non-hydrogen) atoms. The predicted octanol–water partition coefficient (Wildman–Crippen LogP) is 4.10. The SMILES string of the molecule is CCC(N)C(c1ccccc1Cl)N(CC)CC(C)C. The lowest BCUT2D eigenvalue weighted by molar-refractivity contribution is 0.159. The average molecular weight is 283 g/mol. The van der Waals surface area contributed by atoms with Gasteiger partial charge < -0.3 is 5.73 Å². The molecule has 0 radical (unpaired) electrons. The average Bonchev–Trinajstić information content (AvgIpc) is 2.39. The van der Waals surface area contributed by atoms with Crippen LogP contribution in [0.3, 0.4) is 0 Å². The smallest absolute Gasteiger partial charge is 0.0513 e. The Balaban J connectivity index is 3.10. The Hall–Kier alpha value is -0.570. The van der Waals surface area contributed by atoms with Crippen LogP contribution in [0.2, 0.25) is 5.02 Å². The number of halogens is 1. The number of hydrogen-bond donors (Lipinski definition) is 1. The molecule has 0 aliphatic rings. The summed E-state index contributed by atoms with van der Waals surface area (Å²) in [6, 6.07) is 8.38. The van der Waals surface area contributed by atoms with Gasteiger partial charge in [-0.1, -0.05) is 57.5 Å². The third kappa shape index (κ3) is 4.48. The molecular weight excluding hydrogens is 256 g/mol. The highest BCUT2D eigenvalue weighted by Gasteiger charge is 2.26. The van der Waals surface area contributed by atoms with Crippen molar-refractivity contribution in [2.75, 3.05) is 13.1 Å². The van der Waals surface area contributed by atoms with Gasteiger partial charge in [0.15, 0.2) is 0 Å². The monoisotopic (exact) mass is 282 g/mol. The maximum atomic E-state index is 6.38. The molecule has 2 unspecified atom stereocenters. The Morgan fingerprint density at radius 2 is 1.84 bits per heavy atom. The van der Waals surface area contributed by atoms with Crippen molar-refractivity contribution in [2.24, 2.45) is 11.7 Å². The van der Waals surface area contributed by atoms with Crippen LogP contribution in [-0.2, 0) is 0 Å². The van der Waals surface area contributed by atoms with Gasteiger partial charge in [0.05, 0.1) is 6.04 Å². The van der Waals surface area contributed by atoms with Gasteiger partial charge >= 0.3 is 0 Å². The lowest BCUT2D eigenvalue weighted by Gasteiger charge is -2.36. The van der Waals surface area contributed by atoms with Gasteiger partial charge in [-0.15, -0.1) is 0 Å². The normalized spacial score (nSPS) is 14.9. The third-order valence-electron chi connectivity index (χ3n) is 3.50. The summed E-state index contributed by atoms with van der Waals surface area (Å²) >= 11 is 6.38. The van der Waals surface area contributed by atoms with E-state index in [-0.39, 0.29) is 12.1 Å². The second kappa shape index (κ2) is 7.88. The Kier molecular flexibility index (Phi) is 6.84. The summed E-state index contributed by atoms with van der Waals surface area (Å²) in [5.41, 5.74) is 7.52. The van der Waals surface area contributed by atoms with Gasteiger partial charge in [0.1, 0.15) is 0 Å². The van der Waals surface area contributed by atoms with Gasteiger partial charge in [0, 0.05) is 17.6 Å². The van der Waals surface area contributed by atoms with Gasteiger partial charge in [-0.3, -0.25) is 4.90 Å². The molecule has 3 heteroatoms. The zero-order chi connectivity index (χ0) is 14.4. The lowest BCUT2D eigenvalue weighted by Crippen LogP contribution is -2.42. The molecule has 1 rings (SSSR count). The van der Waals surface area contributed by atoms with Crippen molar-refractivity contribution in [3.05, 3.63) is 34.9 Å². The molecule has 0 heterocycles. The van der Waals surface area contributed by atoms with E-state index >= 15 is 0 Å². The van der Waals surface area contributed by atoms with Crippen molar-refractivity contribution in [3.63, 3.8) is 0 Å². The third-order valence-corrected chi connectivity index (χ3v) is 3.84. The Bertz CT molecular complexity index is 379. The molecule has 0 amide bonds. The number of benzene rings is 1. The molecular formula is C16H27ClN2. The van der Waals surface area contributed by atoms with E-state index in [1.54, 1.807) is 0 Å². The van der Waals surface area contributed by atoms with Crippen LogP contribution < -0.4 is 5.73 Å². The number of nitrogens with two attached hydrogens (primary N) is 1. The largest absolute Gasteiger partial charge is 0.326 e. The standard InChI is InChI=1S/C16H27ClN2/c1-5-15(18)16(19(6-2)11-12(3)4)13-9-7-8-10-14(13)17/h7-10,12,15-16H,5-6,11,18H2,1-4H3. The summed E-state index contributed by atoms with van der Waals surface area (Å²) in [5.74, 6) is 0.619. The van der Waals surface area contributed by atoms with E-state index in [0.29, 0.717) is 5.92 Å². The minimum atomic E-state index is 0.110. The first kappa shape index (κ1) is 16.5. The first-order valence-electron chi connectivity index (χ1n) is 7.25. The maximum absolute atomic E-state index is 6.38. The second-order valence-electron chi connectivity index (χ2n) is 5.52. The van der Waals surface area contributed by atoms with Gasteiger partial charge in [-0.25, -0.2) is 0 Å². The second-order valence-corrected chi connectivity index (χ2v) is 5.93. The quantitative estimate of drug-likeness (QED) is 0.816. The highest BCUT2D eigenvalue weighted by Crippen LogP contribution is 2.31. The minimum Gasteiger partial charge on any atom is -0.326 e. The molecule has 0 saturated carbocycles. The summed E-state index contributed by atoms with van der Waals surface area (Å²) in [7, 11) is 0. The number of likely N-dealkylation sites (N-methyl/N-ethyl adjacent to an activating group) is 1. The van der Waals surface area contributed by atoms with Crippen molar-refractivity contribution in [3.8, 4) is 0 Å². The molecule has 0 spiro atoms. The van der Waals surface area contributed by atoms with Gasteiger partial charge in [0.25, 0.3) is 0 Å². The molecule has 2 N–H and O–H groups in total. The molecule has 1 aromatic rings. The van der Waals surface area contributed by atoms with E-state index in [1.807, 2.05) is 18.2 Å². The van der Waals surface area contributed by atoms with Crippen LogP contribution >= 0.6 is 11.6 Å². The molecule has 2 nitrogen and oxygen atoms in total. The summed E-state index contributed by atoms with van der Waals surface area (Å²) in [4.78, 5) is 2.44. The van der Waals surface area contributed by atoms with Crippen LogP contribution in [0.25, 0.3) is 0 Å². The van der Waals surface area contributed by atoms with Crippen molar-refractivity contribution in [1.82, 2.24) is 4.90 Å². The van der Waals surface area contributed by atoms with E-state index in [0.717, 1.165) is 30.1 Å². The van der Waals surface area contributed by atoms with E-state index < -0.39 is 0 Å². The number of nitrogens with zero attached hydrogens (tertiary/aromatic N) is 1. The van der Waals surface area contributed by atoms with Crippen LogP contribution in [0.1, 0.15) is 45.7 Å². The van der Waals surface area contributed by atoms with E-state index in [2.05, 4.69) is 38.7 Å². The Labute approximate surface area is 122 Å². The molecule has 0 saturated heterocycles. The number of hydrogen-bond acceptors (Lipinski definition) is 2. The fraction of sp³-hybridized carbons (Fsp3) is 0.625. The minimum absolute atomic E-state index is 0.110. The topological polar surface area (TPSA) is 29.3 Å². The van der Waals surface area contributed by atoms with E-state index in [4.69, 9.17) is 17.3 Å². The van der Waals surface area contributed by atoms with Gasteiger partial charge in [0.2, 0.25) is 0 Å². The first-order valence-corrected chi connectivity index (χ1v) is 7.63. The van der Waals surface area contributed by atoms with Crippen LogP contribution in [0.4, 0.5) is 0 Å². The van der Waals surface area contributed by atoms with Crippen molar-refractivity contribution in [2.45, 2.75) is 46.2 Å². The zero-order valence-corrected chi connectivity index (χ0v) is 13.3. The van der Waals surface area contributed by atoms with Gasteiger partial charge in [-0.2, -0.15) is 0 Å². The number of rotatable bonds is 7. The van der Waals surface area contributed by atoms with E-state index in [1.165, 1.54) is 0 Å². The molecule has 0 aliphatic heterocycles. The van der Waals surface area contributed by atoms with Crippen molar-refractivity contribution in [1.29, 1.82) is 0 Å². The molecule has 2 atom stereocenters. The fourth-order valence-corrected chi connectivity index (χ4v) is 2.79. The van der Waals surface area contributed by atoms with Crippen LogP contribution in [-0.4, -0.2) is 24.0 Å². The molecule has 108 valence electrons. The fourth-order valence-electron chi connectivity index (χ4n) is 2.54. The highest BCUT2D eigenvalue weighted by atomic mass is 35.5. The molecule has 0 aliphatic carbocycles. The van der Waals surface area contributed by atoms with E-state index in [9.17, 15) is 0 Å². The maximum Gasteiger partial charge on any atom is 0.0513 e. The van der Waals surface area contributed by atoms with Crippen molar-refractivity contribution < 1.29 is 0 Å². The lowest BCUT2D eigenvalue weighted by atomic mass is 9.95. The zero-order valence-electron chi connectivity index (χ0n) is 12.6. The summed E-state index contributed by atoms with van der Waals surface area (Å²) in [5, 5.41) is 0.818. The molecule has 0 aromatic heterocycles. The highest BCUT2D eigenvalue weighted by molar-refractivity contribution is 6.31. The summed E-state index contributed by atoms with van der Waals surface area (Å²) < 4.78 is 0. The predicted molar refractivity (Wildman–Crippen MR) is 84.5 cm³/mol.